The molecule has 1 saturated heterocycles. The van der Waals surface area contributed by atoms with Gasteiger partial charge in [-0.2, -0.15) is 0 Å². The molecule has 6 nitrogen and oxygen atoms in total. The van der Waals surface area contributed by atoms with Crippen molar-refractivity contribution >= 4 is 34.7 Å². The molecule has 0 aliphatic carbocycles. The fourth-order valence-corrected chi connectivity index (χ4v) is 4.06. The Balaban J connectivity index is 1.99. The van der Waals surface area contributed by atoms with Gasteiger partial charge in [0.1, 0.15) is 17.3 Å². The van der Waals surface area contributed by atoms with Crippen LogP contribution in [0.2, 0.25) is 5.02 Å². The van der Waals surface area contributed by atoms with Gasteiger partial charge in [0.2, 0.25) is 0 Å². The smallest absolute Gasteiger partial charge is 0.300 e. The van der Waals surface area contributed by atoms with Gasteiger partial charge in [0.15, 0.2) is 0 Å². The number of aliphatic hydroxyl groups excluding tert-OH is 1. The zero-order chi connectivity index (χ0) is 22.8. The largest absolute Gasteiger partial charge is 0.507 e. The maximum Gasteiger partial charge on any atom is 0.300 e. The van der Waals surface area contributed by atoms with Crippen molar-refractivity contribution < 1.29 is 24.2 Å². The molecule has 0 saturated carbocycles. The van der Waals surface area contributed by atoms with Crippen molar-refractivity contribution in [1.82, 2.24) is 0 Å². The predicted octanol–water partition coefficient (Wildman–Crippen LogP) is 4.98. The summed E-state index contributed by atoms with van der Waals surface area (Å²) in [4.78, 5) is 27.7. The number of carbonyl (C=O) groups excluding carboxylic acids is 2. The highest BCUT2D eigenvalue weighted by molar-refractivity contribution is 6.51. The topological polar surface area (TPSA) is 76.1 Å². The number of anilines is 1. The summed E-state index contributed by atoms with van der Waals surface area (Å²) in [6, 6.07) is 20.1. The van der Waals surface area contributed by atoms with E-state index < -0.39 is 17.7 Å². The van der Waals surface area contributed by atoms with Crippen LogP contribution in [-0.4, -0.2) is 31.0 Å². The number of methoxy groups -OCH3 is 2. The second-order valence-electron chi connectivity index (χ2n) is 7.10. The summed E-state index contributed by atoms with van der Waals surface area (Å²) in [5.41, 5.74) is 1.37. The first-order valence-electron chi connectivity index (χ1n) is 9.80. The van der Waals surface area contributed by atoms with E-state index in [2.05, 4.69) is 0 Å². The van der Waals surface area contributed by atoms with E-state index in [-0.39, 0.29) is 27.7 Å². The van der Waals surface area contributed by atoms with Gasteiger partial charge in [-0.25, -0.2) is 0 Å². The number of para-hydroxylation sites is 1. The van der Waals surface area contributed by atoms with E-state index in [4.69, 9.17) is 21.1 Å². The van der Waals surface area contributed by atoms with Gasteiger partial charge in [-0.3, -0.25) is 14.5 Å². The Labute approximate surface area is 190 Å². The molecule has 162 valence electrons. The first-order chi connectivity index (χ1) is 15.5. The number of ketones is 1. The molecule has 0 spiro atoms. The van der Waals surface area contributed by atoms with Gasteiger partial charge < -0.3 is 14.6 Å². The highest BCUT2D eigenvalue weighted by atomic mass is 35.5. The van der Waals surface area contributed by atoms with Gasteiger partial charge >= 0.3 is 0 Å². The summed E-state index contributed by atoms with van der Waals surface area (Å²) in [6.07, 6.45) is 0. The highest BCUT2D eigenvalue weighted by Gasteiger charge is 2.47. The third-order valence-electron chi connectivity index (χ3n) is 5.32. The molecule has 0 aromatic heterocycles. The van der Waals surface area contributed by atoms with Crippen LogP contribution in [0.3, 0.4) is 0 Å². The predicted molar refractivity (Wildman–Crippen MR) is 122 cm³/mol. The SMILES string of the molecule is COc1cc(/C(O)=C2\C(=O)C(=O)N(c3ccccc3)C2c2ccccc2)c(OC)cc1Cl. The van der Waals surface area contributed by atoms with Crippen LogP contribution in [-0.2, 0) is 9.59 Å². The second kappa shape index (κ2) is 8.77. The third-order valence-corrected chi connectivity index (χ3v) is 5.62. The molecule has 1 N–H and O–H groups in total. The Hall–Kier alpha value is -3.77. The first-order valence-corrected chi connectivity index (χ1v) is 10.2. The number of aliphatic hydroxyl groups is 1. The highest BCUT2D eigenvalue weighted by Crippen LogP contribution is 2.44. The molecule has 7 heteroatoms. The molecule has 1 unspecified atom stereocenters. The average molecular weight is 450 g/mol. The van der Waals surface area contributed by atoms with E-state index in [0.29, 0.717) is 17.0 Å². The van der Waals surface area contributed by atoms with Gasteiger partial charge in [-0.05, 0) is 23.8 Å². The molecular formula is C25H20ClNO5. The number of hydrogen-bond acceptors (Lipinski definition) is 5. The fourth-order valence-electron chi connectivity index (χ4n) is 3.83. The van der Waals surface area contributed by atoms with Crippen molar-refractivity contribution in [3.8, 4) is 11.5 Å². The number of hydrogen-bond donors (Lipinski definition) is 1. The van der Waals surface area contributed by atoms with E-state index in [9.17, 15) is 14.7 Å². The molecule has 1 aliphatic heterocycles. The number of ether oxygens (including phenoxy) is 2. The molecule has 4 rings (SSSR count). The number of nitrogens with zero attached hydrogens (tertiary/aromatic N) is 1. The molecule has 1 aliphatic rings. The monoisotopic (exact) mass is 449 g/mol. The fraction of sp³-hybridized carbons (Fsp3) is 0.120. The lowest BCUT2D eigenvalue weighted by Gasteiger charge is -2.25. The van der Waals surface area contributed by atoms with Crippen LogP contribution < -0.4 is 14.4 Å². The molecule has 0 bridgehead atoms. The van der Waals surface area contributed by atoms with Gasteiger partial charge in [0, 0.05) is 11.8 Å². The lowest BCUT2D eigenvalue weighted by molar-refractivity contribution is -0.132. The summed E-state index contributed by atoms with van der Waals surface area (Å²) in [5, 5.41) is 11.6. The minimum Gasteiger partial charge on any atom is -0.507 e. The van der Waals surface area contributed by atoms with E-state index >= 15 is 0 Å². The lowest BCUT2D eigenvalue weighted by Crippen LogP contribution is -2.29. The Morgan fingerprint density at radius 1 is 0.906 bits per heavy atom. The summed E-state index contributed by atoms with van der Waals surface area (Å²) in [5.74, 6) is -1.36. The summed E-state index contributed by atoms with van der Waals surface area (Å²) in [7, 11) is 2.86. The molecule has 1 atom stereocenters. The molecular weight excluding hydrogens is 430 g/mol. The van der Waals surface area contributed by atoms with Gasteiger partial charge in [0.05, 0.1) is 36.4 Å². The number of amides is 1. The minimum atomic E-state index is -0.829. The van der Waals surface area contributed by atoms with Crippen LogP contribution in [0, 0.1) is 0 Å². The van der Waals surface area contributed by atoms with Crippen LogP contribution in [0.15, 0.2) is 78.4 Å². The van der Waals surface area contributed by atoms with Crippen molar-refractivity contribution in [1.29, 1.82) is 0 Å². The van der Waals surface area contributed by atoms with Crippen LogP contribution in [0.5, 0.6) is 11.5 Å². The van der Waals surface area contributed by atoms with E-state index in [1.54, 1.807) is 36.4 Å². The maximum atomic E-state index is 13.2. The van der Waals surface area contributed by atoms with Crippen LogP contribution in [0.1, 0.15) is 17.2 Å². The Bertz CT molecular complexity index is 1210. The zero-order valence-corrected chi connectivity index (χ0v) is 18.2. The standard InChI is InChI=1S/C25H20ClNO5/c1-31-19-14-18(26)20(32-2)13-17(19)23(28)21-22(15-9-5-3-6-10-15)27(25(30)24(21)29)16-11-7-4-8-12-16/h3-14,22,28H,1-2H3/b23-21+. The zero-order valence-electron chi connectivity index (χ0n) is 17.4. The van der Waals surface area contributed by atoms with Gasteiger partial charge in [-0.1, -0.05) is 60.1 Å². The van der Waals surface area contributed by atoms with Gasteiger partial charge in [0.25, 0.3) is 11.7 Å². The summed E-state index contributed by atoms with van der Waals surface area (Å²) in [6.45, 7) is 0. The van der Waals surface area contributed by atoms with Crippen molar-refractivity contribution in [2.24, 2.45) is 0 Å². The van der Waals surface area contributed by atoms with Crippen molar-refractivity contribution in [3.63, 3.8) is 0 Å². The number of rotatable bonds is 5. The van der Waals surface area contributed by atoms with Crippen LogP contribution >= 0.6 is 11.6 Å². The van der Waals surface area contributed by atoms with Crippen molar-refractivity contribution in [2.75, 3.05) is 19.1 Å². The minimum absolute atomic E-state index is 0.0484. The van der Waals surface area contributed by atoms with Crippen molar-refractivity contribution in [2.45, 2.75) is 6.04 Å². The summed E-state index contributed by atoms with van der Waals surface area (Å²) < 4.78 is 10.6. The number of halogens is 1. The molecule has 32 heavy (non-hydrogen) atoms. The molecule has 1 amide bonds. The van der Waals surface area contributed by atoms with E-state index in [0.717, 1.165) is 0 Å². The normalized spacial score (nSPS) is 17.5. The average Bonchev–Trinajstić information content (AvgIpc) is 3.10. The molecule has 1 heterocycles. The number of carbonyl (C=O) groups is 2. The van der Waals surface area contributed by atoms with E-state index in [1.807, 2.05) is 24.3 Å². The van der Waals surface area contributed by atoms with Crippen LogP contribution in [0.4, 0.5) is 5.69 Å². The second-order valence-corrected chi connectivity index (χ2v) is 7.51. The molecule has 1 fully saturated rings. The molecule has 3 aromatic carbocycles. The third kappa shape index (κ3) is 3.59. The lowest BCUT2D eigenvalue weighted by atomic mass is 9.94. The van der Waals surface area contributed by atoms with Crippen LogP contribution in [0.25, 0.3) is 5.76 Å². The Morgan fingerprint density at radius 3 is 2.09 bits per heavy atom. The summed E-state index contributed by atoms with van der Waals surface area (Å²) >= 11 is 6.19. The van der Waals surface area contributed by atoms with Crippen molar-refractivity contribution in [3.05, 3.63) is 94.5 Å². The number of Topliss-reactive ketones (excluding diaryl/α,β-unsaturated/α-hetero) is 1. The van der Waals surface area contributed by atoms with Gasteiger partial charge in [-0.15, -0.1) is 0 Å². The Morgan fingerprint density at radius 2 is 1.50 bits per heavy atom. The molecule has 3 aromatic rings. The quantitative estimate of drug-likeness (QED) is 0.337. The van der Waals surface area contributed by atoms with E-state index in [1.165, 1.54) is 31.3 Å². The maximum absolute atomic E-state index is 13.2. The number of benzene rings is 3. The Kier molecular flexibility index (Phi) is 5.88. The molecule has 0 radical (unpaired) electrons. The first kappa shape index (κ1) is 21.5.